The molecule has 0 bridgehead atoms. The number of nitrogens with one attached hydrogen (secondary N) is 1. The molecule has 29 heavy (non-hydrogen) atoms. The van der Waals surface area contributed by atoms with Gasteiger partial charge in [0.25, 0.3) is 10.0 Å². The van der Waals surface area contributed by atoms with Crippen LogP contribution in [-0.2, 0) is 25.5 Å². The molecule has 3 rings (SSSR count). The van der Waals surface area contributed by atoms with Crippen LogP contribution in [0.5, 0.6) is 0 Å². The fourth-order valence-electron chi connectivity index (χ4n) is 3.42. The number of sulfonamides is 2. The average molecular weight is 437 g/mol. The normalized spacial score (nSPS) is 17.2. The molecule has 0 atom stereocenters. The number of hydrogen-bond acceptors (Lipinski definition) is 4. The Kier molecular flexibility index (Phi) is 5.71. The van der Waals surface area contributed by atoms with E-state index in [-0.39, 0.29) is 16.1 Å². The molecule has 1 heterocycles. The second-order valence-electron chi connectivity index (χ2n) is 8.48. The predicted molar refractivity (Wildman–Crippen MR) is 117 cm³/mol. The Morgan fingerprint density at radius 2 is 1.66 bits per heavy atom. The summed E-state index contributed by atoms with van der Waals surface area (Å²) in [5, 5.41) is 0. The van der Waals surface area contributed by atoms with Crippen LogP contribution in [0.15, 0.2) is 47.4 Å². The molecule has 1 fully saturated rings. The van der Waals surface area contributed by atoms with Gasteiger partial charge in [-0.1, -0.05) is 32.9 Å². The molecule has 1 aliphatic heterocycles. The highest BCUT2D eigenvalue weighted by Crippen LogP contribution is 2.29. The van der Waals surface area contributed by atoms with Crippen molar-refractivity contribution in [2.45, 2.75) is 50.8 Å². The van der Waals surface area contributed by atoms with Gasteiger partial charge in [0.1, 0.15) is 0 Å². The van der Waals surface area contributed by atoms with Gasteiger partial charge < -0.3 is 0 Å². The van der Waals surface area contributed by atoms with E-state index >= 15 is 0 Å². The SMILES string of the molecule is Cc1cc(N2CCCCS2(=O)=O)ccc1S(=O)(=O)Nc1ccc(C(C)(C)C)cc1. The van der Waals surface area contributed by atoms with Crippen LogP contribution in [0.3, 0.4) is 0 Å². The zero-order valence-electron chi connectivity index (χ0n) is 17.3. The molecule has 0 saturated carbocycles. The zero-order chi connectivity index (χ0) is 21.4. The summed E-state index contributed by atoms with van der Waals surface area (Å²) >= 11 is 0. The summed E-state index contributed by atoms with van der Waals surface area (Å²) in [4.78, 5) is 0.135. The standard InChI is InChI=1S/C21H28N2O4S2/c1-16-15-19(23-13-5-6-14-28(23,24)25)11-12-20(16)29(26,27)22-18-9-7-17(8-10-18)21(2,3)4/h7-12,15,22H,5-6,13-14H2,1-4H3. The van der Waals surface area contributed by atoms with Gasteiger partial charge >= 0.3 is 0 Å². The van der Waals surface area contributed by atoms with Gasteiger partial charge in [-0.3, -0.25) is 9.03 Å². The number of nitrogens with zero attached hydrogens (tertiary/aromatic N) is 1. The largest absolute Gasteiger partial charge is 0.280 e. The maximum atomic E-state index is 12.9. The van der Waals surface area contributed by atoms with Crippen molar-refractivity contribution in [1.82, 2.24) is 0 Å². The van der Waals surface area contributed by atoms with E-state index in [2.05, 4.69) is 25.5 Å². The van der Waals surface area contributed by atoms with Gasteiger partial charge in [-0.25, -0.2) is 16.8 Å². The molecule has 1 saturated heterocycles. The molecule has 1 aliphatic rings. The number of hydrogen-bond donors (Lipinski definition) is 1. The summed E-state index contributed by atoms with van der Waals surface area (Å²) in [7, 11) is -7.12. The van der Waals surface area contributed by atoms with Crippen molar-refractivity contribution >= 4 is 31.4 Å². The Morgan fingerprint density at radius 3 is 2.21 bits per heavy atom. The lowest BCUT2D eigenvalue weighted by Gasteiger charge is -2.28. The third kappa shape index (κ3) is 4.75. The highest BCUT2D eigenvalue weighted by atomic mass is 32.2. The van der Waals surface area contributed by atoms with Crippen LogP contribution in [0, 0.1) is 6.92 Å². The van der Waals surface area contributed by atoms with Crippen molar-refractivity contribution in [1.29, 1.82) is 0 Å². The molecule has 0 aliphatic carbocycles. The van der Waals surface area contributed by atoms with E-state index in [0.29, 0.717) is 29.9 Å². The van der Waals surface area contributed by atoms with Crippen LogP contribution in [0.2, 0.25) is 0 Å². The smallest absolute Gasteiger partial charge is 0.262 e. The van der Waals surface area contributed by atoms with Crippen LogP contribution in [0.1, 0.15) is 44.7 Å². The maximum absolute atomic E-state index is 12.9. The molecule has 0 unspecified atom stereocenters. The minimum absolute atomic E-state index is 0.0153. The summed E-state index contributed by atoms with van der Waals surface area (Å²) in [5.41, 5.74) is 2.60. The lowest BCUT2D eigenvalue weighted by atomic mass is 9.87. The van der Waals surface area contributed by atoms with Crippen molar-refractivity contribution in [3.8, 4) is 0 Å². The molecule has 6 nitrogen and oxygen atoms in total. The lowest BCUT2D eigenvalue weighted by Crippen LogP contribution is -2.37. The van der Waals surface area contributed by atoms with Gasteiger partial charge in [0.2, 0.25) is 10.0 Å². The highest BCUT2D eigenvalue weighted by Gasteiger charge is 2.27. The van der Waals surface area contributed by atoms with Crippen molar-refractivity contribution in [2.24, 2.45) is 0 Å². The molecular weight excluding hydrogens is 408 g/mol. The van der Waals surface area contributed by atoms with Gasteiger partial charge in [-0.15, -0.1) is 0 Å². The first-order chi connectivity index (χ1) is 13.4. The molecular formula is C21H28N2O4S2. The molecule has 2 aromatic carbocycles. The highest BCUT2D eigenvalue weighted by molar-refractivity contribution is 7.93. The minimum Gasteiger partial charge on any atom is -0.280 e. The van der Waals surface area contributed by atoms with E-state index in [9.17, 15) is 16.8 Å². The third-order valence-electron chi connectivity index (χ3n) is 5.09. The second kappa shape index (κ2) is 7.65. The van der Waals surface area contributed by atoms with E-state index in [1.54, 1.807) is 31.2 Å². The van der Waals surface area contributed by atoms with Gasteiger partial charge in [0, 0.05) is 12.2 Å². The van der Waals surface area contributed by atoms with Crippen molar-refractivity contribution in [3.05, 3.63) is 53.6 Å². The summed E-state index contributed by atoms with van der Waals surface area (Å²) in [6.45, 7) is 8.39. The molecule has 1 N–H and O–H groups in total. The van der Waals surface area contributed by atoms with Gasteiger partial charge in [-0.2, -0.15) is 0 Å². The first-order valence-corrected chi connectivity index (χ1v) is 12.7. The Labute approximate surface area is 174 Å². The van der Waals surface area contributed by atoms with E-state index in [4.69, 9.17) is 0 Å². The number of benzene rings is 2. The minimum atomic E-state index is -3.79. The lowest BCUT2D eigenvalue weighted by molar-refractivity contribution is 0.574. The Balaban J connectivity index is 1.86. The van der Waals surface area contributed by atoms with E-state index in [1.807, 2.05) is 12.1 Å². The molecule has 158 valence electrons. The first-order valence-electron chi connectivity index (χ1n) is 9.65. The molecule has 0 spiro atoms. The van der Waals surface area contributed by atoms with Crippen LogP contribution < -0.4 is 9.03 Å². The third-order valence-corrected chi connectivity index (χ3v) is 8.50. The van der Waals surface area contributed by atoms with E-state index < -0.39 is 20.0 Å². The summed E-state index contributed by atoms with van der Waals surface area (Å²) in [6, 6.07) is 12.0. The van der Waals surface area contributed by atoms with Gasteiger partial charge in [0.15, 0.2) is 0 Å². The van der Waals surface area contributed by atoms with E-state index in [0.717, 1.165) is 12.0 Å². The monoisotopic (exact) mass is 436 g/mol. The Hall–Kier alpha value is -2.06. The first kappa shape index (κ1) is 21.6. The summed E-state index contributed by atoms with van der Waals surface area (Å²) in [5.74, 6) is 0.123. The Bertz CT molecular complexity index is 1100. The quantitative estimate of drug-likeness (QED) is 0.784. The number of rotatable bonds is 4. The van der Waals surface area contributed by atoms with Crippen LogP contribution in [0.4, 0.5) is 11.4 Å². The van der Waals surface area contributed by atoms with Crippen molar-refractivity contribution in [2.75, 3.05) is 21.3 Å². The van der Waals surface area contributed by atoms with Crippen LogP contribution in [0.25, 0.3) is 0 Å². The second-order valence-corrected chi connectivity index (χ2v) is 12.1. The molecule has 2 aromatic rings. The van der Waals surface area contributed by atoms with E-state index in [1.165, 1.54) is 10.4 Å². The maximum Gasteiger partial charge on any atom is 0.262 e. The molecule has 8 heteroatoms. The molecule has 0 amide bonds. The fourth-order valence-corrected chi connectivity index (χ4v) is 6.34. The van der Waals surface area contributed by atoms with Crippen molar-refractivity contribution < 1.29 is 16.8 Å². The average Bonchev–Trinajstić information content (AvgIpc) is 2.60. The van der Waals surface area contributed by atoms with Crippen LogP contribution in [-0.4, -0.2) is 29.1 Å². The number of anilines is 2. The van der Waals surface area contributed by atoms with Crippen molar-refractivity contribution in [3.63, 3.8) is 0 Å². The summed E-state index contributed by atoms with van der Waals surface area (Å²) < 4.78 is 54.4. The Morgan fingerprint density at radius 1 is 1.00 bits per heavy atom. The number of aryl methyl sites for hydroxylation is 1. The fraction of sp³-hybridized carbons (Fsp3) is 0.429. The molecule has 0 aromatic heterocycles. The molecule has 0 radical (unpaired) electrons. The van der Waals surface area contributed by atoms with Crippen LogP contribution >= 0.6 is 0 Å². The topological polar surface area (TPSA) is 83.6 Å². The predicted octanol–water partition coefficient (Wildman–Crippen LogP) is 4.02. The van der Waals surface area contributed by atoms with Gasteiger partial charge in [0.05, 0.1) is 16.3 Å². The zero-order valence-corrected chi connectivity index (χ0v) is 18.9. The van der Waals surface area contributed by atoms with Gasteiger partial charge in [-0.05, 0) is 66.6 Å². The summed E-state index contributed by atoms with van der Waals surface area (Å²) in [6.07, 6.45) is 1.45.